The SMILES string of the molecule is CC1(O)CCC(CNc2c([N+](=O)[O-])cccc2S(=O)(=O)c2cccnc2C(N)=O)CC1. The number of sulfone groups is 1. The first-order chi connectivity index (χ1) is 14.5. The Morgan fingerprint density at radius 3 is 2.55 bits per heavy atom. The van der Waals surface area contributed by atoms with Crippen molar-refractivity contribution in [2.75, 3.05) is 11.9 Å². The zero-order chi connectivity index (χ0) is 22.8. The number of para-hydroxylation sites is 1. The van der Waals surface area contributed by atoms with Crippen molar-refractivity contribution in [1.82, 2.24) is 4.98 Å². The number of carbonyl (C=O) groups excluding carboxylic acids is 1. The molecule has 1 fully saturated rings. The maximum Gasteiger partial charge on any atom is 0.293 e. The predicted molar refractivity (Wildman–Crippen MR) is 112 cm³/mol. The van der Waals surface area contributed by atoms with Gasteiger partial charge in [0.2, 0.25) is 9.84 Å². The summed E-state index contributed by atoms with van der Waals surface area (Å²) >= 11 is 0. The van der Waals surface area contributed by atoms with Gasteiger partial charge in [-0.2, -0.15) is 0 Å². The summed E-state index contributed by atoms with van der Waals surface area (Å²) in [6.45, 7) is 2.08. The van der Waals surface area contributed by atoms with Gasteiger partial charge in [-0.25, -0.2) is 13.4 Å². The average Bonchev–Trinajstić information content (AvgIpc) is 2.72. The predicted octanol–water partition coefficient (Wildman–Crippen LogP) is 2.27. The van der Waals surface area contributed by atoms with E-state index in [4.69, 9.17) is 5.73 Å². The molecule has 1 aliphatic rings. The molecule has 11 heteroatoms. The number of aromatic nitrogens is 1. The number of rotatable bonds is 7. The minimum absolute atomic E-state index is 0.121. The van der Waals surface area contributed by atoms with Crippen LogP contribution in [0.15, 0.2) is 46.3 Å². The first-order valence-electron chi connectivity index (χ1n) is 9.76. The molecule has 1 aliphatic carbocycles. The van der Waals surface area contributed by atoms with Gasteiger partial charge in [-0.05, 0) is 56.7 Å². The minimum Gasteiger partial charge on any atom is -0.390 e. The van der Waals surface area contributed by atoms with E-state index in [1.165, 1.54) is 36.5 Å². The Labute approximate surface area is 179 Å². The second-order valence-electron chi connectivity index (χ2n) is 7.95. The molecule has 10 nitrogen and oxygen atoms in total. The topological polar surface area (TPSA) is 166 Å². The van der Waals surface area contributed by atoms with E-state index >= 15 is 0 Å². The summed E-state index contributed by atoms with van der Waals surface area (Å²) in [5.41, 5.74) is 3.57. The summed E-state index contributed by atoms with van der Waals surface area (Å²) < 4.78 is 26.7. The highest BCUT2D eigenvalue weighted by Gasteiger charge is 2.32. The van der Waals surface area contributed by atoms with Crippen molar-refractivity contribution in [2.24, 2.45) is 11.7 Å². The Bertz CT molecular complexity index is 1110. The Morgan fingerprint density at radius 1 is 1.29 bits per heavy atom. The van der Waals surface area contributed by atoms with Crippen molar-refractivity contribution in [1.29, 1.82) is 0 Å². The lowest BCUT2D eigenvalue weighted by Gasteiger charge is -2.33. The van der Waals surface area contributed by atoms with Crippen molar-refractivity contribution in [3.63, 3.8) is 0 Å². The largest absolute Gasteiger partial charge is 0.390 e. The molecule has 0 bridgehead atoms. The van der Waals surface area contributed by atoms with Gasteiger partial charge in [0.1, 0.15) is 21.2 Å². The number of amides is 1. The molecule has 0 radical (unpaired) electrons. The molecule has 1 aromatic heterocycles. The van der Waals surface area contributed by atoms with E-state index in [1.807, 2.05) is 0 Å². The van der Waals surface area contributed by atoms with Crippen molar-refractivity contribution < 1.29 is 23.2 Å². The number of nitrogens with one attached hydrogen (secondary N) is 1. The zero-order valence-electron chi connectivity index (χ0n) is 16.9. The molecule has 1 saturated carbocycles. The summed E-state index contributed by atoms with van der Waals surface area (Å²) in [5, 5.41) is 24.7. The number of hydrogen-bond acceptors (Lipinski definition) is 8. The van der Waals surface area contributed by atoms with E-state index < -0.39 is 42.5 Å². The molecule has 0 spiro atoms. The molecule has 0 aliphatic heterocycles. The lowest BCUT2D eigenvalue weighted by atomic mass is 9.80. The molecule has 0 unspecified atom stereocenters. The molecule has 4 N–H and O–H groups in total. The maximum atomic E-state index is 13.3. The normalized spacial score (nSPS) is 21.4. The van der Waals surface area contributed by atoms with Crippen LogP contribution >= 0.6 is 0 Å². The van der Waals surface area contributed by atoms with Crippen LogP contribution < -0.4 is 11.1 Å². The molecule has 1 heterocycles. The van der Waals surface area contributed by atoms with Gasteiger partial charge >= 0.3 is 0 Å². The van der Waals surface area contributed by atoms with Crippen molar-refractivity contribution in [2.45, 2.75) is 48.0 Å². The number of hydrogen-bond donors (Lipinski definition) is 3. The number of pyridine rings is 1. The smallest absolute Gasteiger partial charge is 0.293 e. The van der Waals surface area contributed by atoms with Gasteiger partial charge in [-0.15, -0.1) is 0 Å². The summed E-state index contributed by atoms with van der Waals surface area (Å²) in [7, 11) is -4.34. The third-order valence-electron chi connectivity index (χ3n) is 5.53. The summed E-state index contributed by atoms with van der Waals surface area (Å²) in [6.07, 6.45) is 3.84. The van der Waals surface area contributed by atoms with Gasteiger partial charge in [0.05, 0.1) is 10.5 Å². The molecular weight excluding hydrogens is 424 g/mol. The number of aliphatic hydroxyl groups is 1. The maximum absolute atomic E-state index is 13.3. The van der Waals surface area contributed by atoms with Crippen LogP contribution in [0, 0.1) is 16.0 Å². The minimum atomic E-state index is -4.34. The highest BCUT2D eigenvalue weighted by Crippen LogP contribution is 2.37. The average molecular weight is 449 g/mol. The van der Waals surface area contributed by atoms with E-state index in [2.05, 4.69) is 10.3 Å². The van der Waals surface area contributed by atoms with Crippen LogP contribution in [0.3, 0.4) is 0 Å². The van der Waals surface area contributed by atoms with Crippen LogP contribution in [0.4, 0.5) is 11.4 Å². The number of nitro groups is 1. The van der Waals surface area contributed by atoms with Crippen LogP contribution in [0.1, 0.15) is 43.1 Å². The van der Waals surface area contributed by atoms with Gasteiger partial charge in [0.25, 0.3) is 11.6 Å². The van der Waals surface area contributed by atoms with Crippen LogP contribution in [-0.2, 0) is 9.84 Å². The molecular formula is C20H24N4O6S. The number of primary amides is 1. The quantitative estimate of drug-likeness (QED) is 0.428. The molecule has 0 saturated heterocycles. The molecule has 1 amide bonds. The van der Waals surface area contributed by atoms with E-state index in [0.717, 1.165) is 0 Å². The number of carbonyl (C=O) groups is 1. The van der Waals surface area contributed by atoms with Crippen molar-refractivity contribution >= 4 is 27.1 Å². The molecule has 31 heavy (non-hydrogen) atoms. The second-order valence-corrected chi connectivity index (χ2v) is 9.83. The Balaban J connectivity index is 2.01. The molecule has 1 aromatic carbocycles. The van der Waals surface area contributed by atoms with E-state index in [9.17, 15) is 28.4 Å². The van der Waals surface area contributed by atoms with Gasteiger partial charge < -0.3 is 16.2 Å². The van der Waals surface area contributed by atoms with E-state index in [1.54, 1.807) is 6.92 Å². The van der Waals surface area contributed by atoms with E-state index in [-0.39, 0.29) is 16.5 Å². The highest BCUT2D eigenvalue weighted by atomic mass is 32.2. The van der Waals surface area contributed by atoms with Crippen LogP contribution in [0.5, 0.6) is 0 Å². The standard InChI is InChI=1S/C20H24N4O6S/c1-20(26)9-7-13(8-10-20)12-23-17-14(24(27)28)4-2-5-15(17)31(29,30)16-6-3-11-22-18(16)19(21)25/h2-6,11,13,23,26H,7-10,12H2,1H3,(H2,21,25). The fourth-order valence-corrected chi connectivity index (χ4v) is 5.34. The number of benzene rings is 1. The number of anilines is 1. The summed E-state index contributed by atoms with van der Waals surface area (Å²) in [6, 6.07) is 6.26. The molecule has 3 rings (SSSR count). The number of nitrogens with two attached hydrogens (primary N) is 1. The Morgan fingerprint density at radius 2 is 1.94 bits per heavy atom. The highest BCUT2D eigenvalue weighted by molar-refractivity contribution is 7.91. The molecule has 0 atom stereocenters. The van der Waals surface area contributed by atoms with E-state index in [0.29, 0.717) is 32.2 Å². The lowest BCUT2D eigenvalue weighted by Crippen LogP contribution is -2.32. The van der Waals surface area contributed by atoms with Crippen LogP contribution in [0.2, 0.25) is 0 Å². The van der Waals surface area contributed by atoms with Crippen molar-refractivity contribution in [3.05, 3.63) is 52.3 Å². The van der Waals surface area contributed by atoms with Gasteiger partial charge in [0, 0.05) is 18.8 Å². The molecule has 166 valence electrons. The second kappa shape index (κ2) is 8.60. The van der Waals surface area contributed by atoms with Gasteiger partial charge in [-0.3, -0.25) is 14.9 Å². The fourth-order valence-electron chi connectivity index (χ4n) is 3.73. The summed E-state index contributed by atoms with van der Waals surface area (Å²) in [5.74, 6) is -0.900. The van der Waals surface area contributed by atoms with Crippen LogP contribution in [-0.4, -0.2) is 41.5 Å². The van der Waals surface area contributed by atoms with Crippen molar-refractivity contribution in [3.8, 4) is 0 Å². The first kappa shape index (κ1) is 22.6. The summed E-state index contributed by atoms with van der Waals surface area (Å²) in [4.78, 5) is 25.6. The Hall–Kier alpha value is -3.05. The third-order valence-corrected chi connectivity index (χ3v) is 7.36. The number of nitro benzene ring substituents is 1. The van der Waals surface area contributed by atoms with Gasteiger partial charge in [-0.1, -0.05) is 6.07 Å². The monoisotopic (exact) mass is 448 g/mol. The number of nitrogens with zero attached hydrogens (tertiary/aromatic N) is 2. The Kier molecular flexibility index (Phi) is 6.27. The zero-order valence-corrected chi connectivity index (χ0v) is 17.8. The molecule has 2 aromatic rings. The van der Waals surface area contributed by atoms with Crippen LogP contribution in [0.25, 0.3) is 0 Å². The third kappa shape index (κ3) is 4.83. The fraction of sp³-hybridized carbons (Fsp3) is 0.400. The first-order valence-corrected chi connectivity index (χ1v) is 11.2. The van der Waals surface area contributed by atoms with Gasteiger partial charge in [0.15, 0.2) is 0 Å². The lowest BCUT2D eigenvalue weighted by molar-refractivity contribution is -0.384.